The highest BCUT2D eigenvalue weighted by Crippen LogP contribution is 2.29. The molecule has 4 nitrogen and oxygen atoms in total. The van der Waals surface area contributed by atoms with Gasteiger partial charge >= 0.3 is 0 Å². The fourth-order valence-corrected chi connectivity index (χ4v) is 4.25. The predicted molar refractivity (Wildman–Crippen MR) is 82.6 cm³/mol. The standard InChI is InChI=1S/C15H26N2O2S/c1-5-11-13(18)16-12(15(2,3)4)14(19)17(11)8-10-6-7-20-9-10/h10-12H,5-9H2,1-4H3,(H,16,18). The predicted octanol–water partition coefficient (Wildman–Crippen LogP) is 1.89. The number of hydrogen-bond acceptors (Lipinski definition) is 3. The lowest BCUT2D eigenvalue weighted by molar-refractivity contribution is -0.153. The first-order valence-corrected chi connectivity index (χ1v) is 8.68. The van der Waals surface area contributed by atoms with Crippen LogP contribution in [0.25, 0.3) is 0 Å². The summed E-state index contributed by atoms with van der Waals surface area (Å²) in [5.74, 6) is 2.95. The third kappa shape index (κ3) is 3.13. The van der Waals surface area contributed by atoms with Crippen molar-refractivity contribution in [1.29, 1.82) is 0 Å². The van der Waals surface area contributed by atoms with E-state index in [2.05, 4.69) is 5.32 Å². The van der Waals surface area contributed by atoms with Crippen molar-refractivity contribution >= 4 is 23.6 Å². The average Bonchev–Trinajstić information content (AvgIpc) is 2.85. The fourth-order valence-electron chi connectivity index (χ4n) is 2.98. The number of nitrogens with zero attached hydrogens (tertiary/aromatic N) is 1. The lowest BCUT2D eigenvalue weighted by atomic mass is 9.83. The minimum Gasteiger partial charge on any atom is -0.342 e. The molecule has 2 heterocycles. The second kappa shape index (κ2) is 5.96. The fraction of sp³-hybridized carbons (Fsp3) is 0.867. The van der Waals surface area contributed by atoms with Crippen LogP contribution in [0.1, 0.15) is 40.5 Å². The van der Waals surface area contributed by atoms with Crippen LogP contribution in [0.5, 0.6) is 0 Å². The van der Waals surface area contributed by atoms with Crippen molar-refractivity contribution < 1.29 is 9.59 Å². The molecule has 0 aromatic carbocycles. The SMILES string of the molecule is CCC1C(=O)NC(C(C)(C)C)C(=O)N1CC1CCSC1. The van der Waals surface area contributed by atoms with Gasteiger partial charge in [-0.05, 0) is 35.7 Å². The van der Waals surface area contributed by atoms with Gasteiger partial charge in [0.25, 0.3) is 0 Å². The molecule has 2 aliphatic rings. The second-order valence-corrected chi connectivity index (χ2v) is 8.10. The highest BCUT2D eigenvalue weighted by molar-refractivity contribution is 7.99. The van der Waals surface area contributed by atoms with E-state index in [-0.39, 0.29) is 23.3 Å². The molecule has 0 spiro atoms. The van der Waals surface area contributed by atoms with Crippen LogP contribution in [-0.4, -0.2) is 46.8 Å². The molecule has 114 valence electrons. The molecule has 20 heavy (non-hydrogen) atoms. The number of thioether (sulfide) groups is 1. The van der Waals surface area contributed by atoms with Crippen molar-refractivity contribution in [1.82, 2.24) is 10.2 Å². The van der Waals surface area contributed by atoms with Crippen LogP contribution >= 0.6 is 11.8 Å². The number of rotatable bonds is 3. The molecule has 3 atom stereocenters. The van der Waals surface area contributed by atoms with E-state index in [1.54, 1.807) is 0 Å². The Morgan fingerprint density at radius 2 is 2.05 bits per heavy atom. The molecule has 0 radical (unpaired) electrons. The van der Waals surface area contributed by atoms with Crippen molar-refractivity contribution in [3.63, 3.8) is 0 Å². The molecule has 2 aliphatic heterocycles. The molecule has 5 heteroatoms. The smallest absolute Gasteiger partial charge is 0.246 e. The highest BCUT2D eigenvalue weighted by Gasteiger charge is 2.45. The van der Waals surface area contributed by atoms with Gasteiger partial charge in [-0.1, -0.05) is 27.7 Å². The monoisotopic (exact) mass is 298 g/mol. The number of carbonyl (C=O) groups excluding carboxylic acids is 2. The Balaban J connectivity index is 2.18. The van der Waals surface area contributed by atoms with E-state index in [1.165, 1.54) is 5.75 Å². The number of piperazine rings is 1. The van der Waals surface area contributed by atoms with Crippen LogP contribution < -0.4 is 5.32 Å². The van der Waals surface area contributed by atoms with Gasteiger partial charge in [0.05, 0.1) is 0 Å². The summed E-state index contributed by atoms with van der Waals surface area (Å²) >= 11 is 1.95. The Hall–Kier alpha value is -0.710. The molecule has 0 aromatic rings. The average molecular weight is 298 g/mol. The van der Waals surface area contributed by atoms with Crippen molar-refractivity contribution in [2.45, 2.75) is 52.6 Å². The molecule has 0 aromatic heterocycles. The molecule has 2 rings (SSSR count). The summed E-state index contributed by atoms with van der Waals surface area (Å²) in [6.45, 7) is 8.73. The summed E-state index contributed by atoms with van der Waals surface area (Å²) in [7, 11) is 0. The number of nitrogens with one attached hydrogen (secondary N) is 1. The summed E-state index contributed by atoms with van der Waals surface area (Å²) < 4.78 is 0. The molecule has 3 unspecified atom stereocenters. The number of carbonyl (C=O) groups is 2. The van der Waals surface area contributed by atoms with Crippen molar-refractivity contribution in [3.8, 4) is 0 Å². The number of hydrogen-bond donors (Lipinski definition) is 1. The van der Waals surface area contributed by atoms with Crippen LogP contribution in [0, 0.1) is 11.3 Å². The van der Waals surface area contributed by atoms with E-state index in [4.69, 9.17) is 0 Å². The van der Waals surface area contributed by atoms with E-state index < -0.39 is 6.04 Å². The third-order valence-corrected chi connectivity index (χ3v) is 5.46. The zero-order valence-electron chi connectivity index (χ0n) is 12.9. The minimum atomic E-state index is -0.396. The van der Waals surface area contributed by atoms with Crippen LogP contribution in [-0.2, 0) is 9.59 Å². The summed E-state index contributed by atoms with van der Waals surface area (Å²) in [4.78, 5) is 26.9. The van der Waals surface area contributed by atoms with Crippen LogP contribution in [0.15, 0.2) is 0 Å². The Morgan fingerprint density at radius 1 is 1.35 bits per heavy atom. The van der Waals surface area contributed by atoms with Gasteiger partial charge in [-0.25, -0.2) is 0 Å². The molecule has 0 aliphatic carbocycles. The van der Waals surface area contributed by atoms with E-state index in [1.807, 2.05) is 44.4 Å². The topological polar surface area (TPSA) is 49.4 Å². The van der Waals surface area contributed by atoms with Gasteiger partial charge in [0.15, 0.2) is 0 Å². The lowest BCUT2D eigenvalue weighted by Gasteiger charge is -2.44. The molecule has 0 saturated carbocycles. The number of amides is 2. The first kappa shape index (κ1) is 15.7. The molecule has 0 bridgehead atoms. The summed E-state index contributed by atoms with van der Waals surface area (Å²) in [6, 6.07) is -0.682. The first-order valence-electron chi connectivity index (χ1n) is 7.53. The Kier molecular flexibility index (Phi) is 4.67. The van der Waals surface area contributed by atoms with Gasteiger partial charge in [-0.15, -0.1) is 0 Å². The molecule has 2 amide bonds. The molecule has 2 fully saturated rings. The molecule has 2 saturated heterocycles. The van der Waals surface area contributed by atoms with Crippen LogP contribution in [0.4, 0.5) is 0 Å². The molecule has 1 N–H and O–H groups in total. The third-order valence-electron chi connectivity index (χ3n) is 4.23. The van der Waals surface area contributed by atoms with Gasteiger partial charge in [0.2, 0.25) is 11.8 Å². The summed E-state index contributed by atoms with van der Waals surface area (Å²) in [6.07, 6.45) is 1.85. The largest absolute Gasteiger partial charge is 0.342 e. The summed E-state index contributed by atoms with van der Waals surface area (Å²) in [5.41, 5.74) is -0.242. The first-order chi connectivity index (χ1) is 9.34. The van der Waals surface area contributed by atoms with Gasteiger partial charge in [-0.2, -0.15) is 11.8 Å². The Labute approximate surface area is 126 Å². The zero-order chi connectivity index (χ0) is 14.9. The summed E-state index contributed by atoms with van der Waals surface area (Å²) in [5, 5.41) is 2.93. The lowest BCUT2D eigenvalue weighted by Crippen LogP contribution is -2.67. The van der Waals surface area contributed by atoms with Gasteiger partial charge in [-0.3, -0.25) is 9.59 Å². The van der Waals surface area contributed by atoms with E-state index >= 15 is 0 Å². The van der Waals surface area contributed by atoms with Crippen molar-refractivity contribution in [2.75, 3.05) is 18.1 Å². The normalized spacial score (nSPS) is 31.6. The van der Waals surface area contributed by atoms with Gasteiger partial charge in [0, 0.05) is 6.54 Å². The van der Waals surface area contributed by atoms with Crippen LogP contribution in [0.2, 0.25) is 0 Å². The maximum Gasteiger partial charge on any atom is 0.246 e. The van der Waals surface area contributed by atoms with Gasteiger partial charge in [0.1, 0.15) is 12.1 Å². The van der Waals surface area contributed by atoms with E-state index in [0.717, 1.165) is 18.7 Å². The quantitative estimate of drug-likeness (QED) is 0.865. The van der Waals surface area contributed by atoms with E-state index in [9.17, 15) is 9.59 Å². The second-order valence-electron chi connectivity index (χ2n) is 6.95. The van der Waals surface area contributed by atoms with E-state index in [0.29, 0.717) is 12.3 Å². The zero-order valence-corrected chi connectivity index (χ0v) is 13.8. The molecular weight excluding hydrogens is 272 g/mol. The van der Waals surface area contributed by atoms with Gasteiger partial charge < -0.3 is 10.2 Å². The maximum atomic E-state index is 12.8. The molecular formula is C15H26N2O2S. The highest BCUT2D eigenvalue weighted by atomic mass is 32.2. The minimum absolute atomic E-state index is 0.0117. The Morgan fingerprint density at radius 3 is 2.55 bits per heavy atom. The van der Waals surface area contributed by atoms with Crippen molar-refractivity contribution in [2.24, 2.45) is 11.3 Å². The van der Waals surface area contributed by atoms with Crippen LogP contribution in [0.3, 0.4) is 0 Å². The maximum absolute atomic E-state index is 12.8. The Bertz CT molecular complexity index is 386. The van der Waals surface area contributed by atoms with Crippen molar-refractivity contribution in [3.05, 3.63) is 0 Å².